The standard InChI is InChI=1S/C21H33Cl2N5O2/c1-21(2,3)30-20(29)28-15-7-5-8-16(28)12-14(11-15)24-9-6-10-27(4)17-13-18(22)25-26-19(17)23/h13-16,24H,5-12H2,1-4H3/t14-,15-,16?/m0/s1. The van der Waals surface area contributed by atoms with Crippen LogP contribution in [-0.2, 0) is 4.74 Å². The first-order valence-electron chi connectivity index (χ1n) is 10.8. The molecule has 30 heavy (non-hydrogen) atoms. The summed E-state index contributed by atoms with van der Waals surface area (Å²) in [6.45, 7) is 7.52. The topological polar surface area (TPSA) is 70.6 Å². The maximum absolute atomic E-state index is 12.7. The first-order valence-corrected chi connectivity index (χ1v) is 11.5. The van der Waals surface area contributed by atoms with Crippen molar-refractivity contribution in [3.63, 3.8) is 0 Å². The van der Waals surface area contributed by atoms with E-state index in [-0.39, 0.29) is 18.2 Å². The Kier molecular flexibility index (Phi) is 7.69. The third-order valence-electron chi connectivity index (χ3n) is 5.79. The highest BCUT2D eigenvalue weighted by atomic mass is 35.5. The number of nitrogens with one attached hydrogen (secondary N) is 1. The molecule has 0 saturated carbocycles. The molecule has 0 aromatic carbocycles. The fourth-order valence-electron chi connectivity index (χ4n) is 4.52. The highest BCUT2D eigenvalue weighted by Gasteiger charge is 2.42. The number of hydrogen-bond donors (Lipinski definition) is 1. The molecule has 3 atom stereocenters. The quantitative estimate of drug-likeness (QED) is 0.633. The number of ether oxygens (including phenoxy) is 1. The van der Waals surface area contributed by atoms with Gasteiger partial charge in [-0.05, 0) is 65.8 Å². The van der Waals surface area contributed by atoms with E-state index in [4.69, 9.17) is 27.9 Å². The summed E-state index contributed by atoms with van der Waals surface area (Å²) < 4.78 is 5.67. The lowest BCUT2D eigenvalue weighted by Crippen LogP contribution is -2.59. The van der Waals surface area contributed by atoms with Gasteiger partial charge in [-0.1, -0.05) is 23.2 Å². The number of carbonyl (C=O) groups excluding carboxylic acids is 1. The van der Waals surface area contributed by atoms with Crippen LogP contribution in [0.3, 0.4) is 0 Å². The second-order valence-corrected chi connectivity index (χ2v) is 10.1. The maximum atomic E-state index is 12.7. The molecule has 3 heterocycles. The minimum absolute atomic E-state index is 0.154. The summed E-state index contributed by atoms with van der Waals surface area (Å²) in [5, 5.41) is 12.0. The van der Waals surface area contributed by atoms with E-state index in [9.17, 15) is 4.79 Å². The summed E-state index contributed by atoms with van der Waals surface area (Å²) in [4.78, 5) is 16.8. The van der Waals surface area contributed by atoms with Gasteiger partial charge in [-0.2, -0.15) is 0 Å². The van der Waals surface area contributed by atoms with Crippen LogP contribution in [-0.4, -0.2) is 65.1 Å². The number of carbonyl (C=O) groups is 1. The lowest BCUT2D eigenvalue weighted by molar-refractivity contribution is -0.0234. The molecular weight excluding hydrogens is 425 g/mol. The number of rotatable bonds is 6. The van der Waals surface area contributed by atoms with Crippen molar-refractivity contribution >= 4 is 35.0 Å². The predicted molar refractivity (Wildman–Crippen MR) is 120 cm³/mol. The number of piperidine rings is 2. The second kappa shape index (κ2) is 9.88. The van der Waals surface area contributed by atoms with E-state index in [1.807, 2.05) is 37.6 Å². The van der Waals surface area contributed by atoms with Crippen LogP contribution >= 0.6 is 23.2 Å². The Morgan fingerprint density at radius 2 is 1.93 bits per heavy atom. The SMILES string of the molecule is CN(CCCN[C@@H]1CC2CCC[C@@H](C1)N2C(=O)OC(C)(C)C)c1cc(Cl)nnc1Cl. The molecule has 0 spiro atoms. The van der Waals surface area contributed by atoms with Crippen molar-refractivity contribution in [3.05, 3.63) is 16.4 Å². The van der Waals surface area contributed by atoms with Crippen LogP contribution in [0.2, 0.25) is 10.3 Å². The summed E-state index contributed by atoms with van der Waals surface area (Å²) in [7, 11) is 1.98. The number of halogens is 2. The largest absolute Gasteiger partial charge is 0.444 e. The Morgan fingerprint density at radius 3 is 2.57 bits per heavy atom. The minimum atomic E-state index is -0.454. The van der Waals surface area contributed by atoms with Gasteiger partial charge in [0.25, 0.3) is 0 Å². The molecule has 9 heteroatoms. The molecule has 2 aliphatic rings. The number of hydrogen-bond acceptors (Lipinski definition) is 6. The lowest BCUT2D eigenvalue weighted by atomic mass is 9.82. The van der Waals surface area contributed by atoms with Crippen LogP contribution in [0.5, 0.6) is 0 Å². The van der Waals surface area contributed by atoms with E-state index in [0.29, 0.717) is 16.3 Å². The van der Waals surface area contributed by atoms with Crippen molar-refractivity contribution in [2.24, 2.45) is 0 Å². The monoisotopic (exact) mass is 457 g/mol. The van der Waals surface area contributed by atoms with E-state index in [1.54, 1.807) is 6.07 Å². The number of fused-ring (bicyclic) bond motifs is 2. The van der Waals surface area contributed by atoms with Crippen LogP contribution in [0.4, 0.5) is 10.5 Å². The van der Waals surface area contributed by atoms with Crippen LogP contribution in [0.1, 0.15) is 59.3 Å². The molecule has 168 valence electrons. The fourth-order valence-corrected chi connectivity index (χ4v) is 4.89. The van der Waals surface area contributed by atoms with Gasteiger partial charge < -0.3 is 19.9 Å². The summed E-state index contributed by atoms with van der Waals surface area (Å²) in [5.41, 5.74) is 0.334. The molecule has 3 rings (SSSR count). The molecule has 0 aliphatic carbocycles. The molecule has 1 unspecified atom stereocenters. The third-order valence-corrected chi connectivity index (χ3v) is 6.25. The summed E-state index contributed by atoms with van der Waals surface area (Å²) >= 11 is 12.1. The molecular formula is C21H33Cl2N5O2. The summed E-state index contributed by atoms with van der Waals surface area (Å²) in [6.07, 6.45) is 6.10. The van der Waals surface area contributed by atoms with Gasteiger partial charge in [0, 0.05) is 37.8 Å². The Morgan fingerprint density at radius 1 is 1.27 bits per heavy atom. The zero-order valence-corrected chi connectivity index (χ0v) is 19.8. The Bertz CT molecular complexity index is 729. The van der Waals surface area contributed by atoms with Gasteiger partial charge in [0.05, 0.1) is 5.69 Å². The number of nitrogens with zero attached hydrogens (tertiary/aromatic N) is 4. The van der Waals surface area contributed by atoms with Gasteiger partial charge in [0.15, 0.2) is 10.3 Å². The molecule has 2 bridgehead atoms. The average Bonchev–Trinajstić information content (AvgIpc) is 2.64. The summed E-state index contributed by atoms with van der Waals surface area (Å²) in [5.74, 6) is 0. The Hall–Kier alpha value is -1.31. The number of aromatic nitrogens is 2. The van der Waals surface area contributed by atoms with Crippen LogP contribution < -0.4 is 10.2 Å². The van der Waals surface area contributed by atoms with Gasteiger partial charge in [-0.15, -0.1) is 10.2 Å². The molecule has 7 nitrogen and oxygen atoms in total. The highest BCUT2D eigenvalue weighted by molar-refractivity contribution is 6.33. The van der Waals surface area contributed by atoms with E-state index >= 15 is 0 Å². The van der Waals surface area contributed by atoms with Crippen molar-refractivity contribution < 1.29 is 9.53 Å². The zero-order valence-electron chi connectivity index (χ0n) is 18.3. The van der Waals surface area contributed by atoms with Crippen molar-refractivity contribution in [3.8, 4) is 0 Å². The second-order valence-electron chi connectivity index (χ2n) is 9.37. The van der Waals surface area contributed by atoms with Crippen LogP contribution in [0.25, 0.3) is 0 Å². The maximum Gasteiger partial charge on any atom is 0.410 e. The predicted octanol–water partition coefficient (Wildman–Crippen LogP) is 4.52. The molecule has 2 fully saturated rings. The lowest BCUT2D eigenvalue weighted by Gasteiger charge is -2.48. The normalized spacial score (nSPS) is 23.9. The first-order chi connectivity index (χ1) is 14.1. The summed E-state index contributed by atoms with van der Waals surface area (Å²) in [6, 6.07) is 2.72. The minimum Gasteiger partial charge on any atom is -0.444 e. The van der Waals surface area contributed by atoms with E-state index in [0.717, 1.165) is 50.9 Å². The van der Waals surface area contributed by atoms with E-state index in [1.165, 1.54) is 6.42 Å². The van der Waals surface area contributed by atoms with Crippen molar-refractivity contribution in [2.75, 3.05) is 25.0 Å². The van der Waals surface area contributed by atoms with E-state index < -0.39 is 5.60 Å². The number of amides is 1. The van der Waals surface area contributed by atoms with Crippen LogP contribution in [0.15, 0.2) is 6.07 Å². The molecule has 1 amide bonds. The van der Waals surface area contributed by atoms with Crippen LogP contribution in [0, 0.1) is 0 Å². The van der Waals surface area contributed by atoms with Crippen molar-refractivity contribution in [1.29, 1.82) is 0 Å². The number of anilines is 1. The van der Waals surface area contributed by atoms with Gasteiger partial charge in [-0.3, -0.25) is 0 Å². The Balaban J connectivity index is 1.46. The van der Waals surface area contributed by atoms with E-state index in [2.05, 4.69) is 15.5 Å². The smallest absolute Gasteiger partial charge is 0.410 e. The molecule has 0 radical (unpaired) electrons. The van der Waals surface area contributed by atoms with Gasteiger partial charge in [0.1, 0.15) is 5.60 Å². The molecule has 1 aromatic rings. The fraction of sp³-hybridized carbons (Fsp3) is 0.762. The molecule has 2 saturated heterocycles. The molecule has 1 N–H and O–H groups in total. The Labute approximate surface area is 189 Å². The molecule has 1 aromatic heterocycles. The van der Waals surface area contributed by atoms with Gasteiger partial charge >= 0.3 is 6.09 Å². The van der Waals surface area contributed by atoms with Gasteiger partial charge in [-0.25, -0.2) is 4.79 Å². The van der Waals surface area contributed by atoms with Crippen molar-refractivity contribution in [1.82, 2.24) is 20.4 Å². The average molecular weight is 458 g/mol. The highest BCUT2D eigenvalue weighted by Crippen LogP contribution is 2.35. The first kappa shape index (κ1) is 23.4. The van der Waals surface area contributed by atoms with Gasteiger partial charge in [0.2, 0.25) is 0 Å². The zero-order chi connectivity index (χ0) is 21.9. The molecule has 2 aliphatic heterocycles. The third kappa shape index (κ3) is 6.11. The van der Waals surface area contributed by atoms with Crippen molar-refractivity contribution in [2.45, 2.75) is 83.0 Å².